The number of nitrogens with zero attached hydrogens (tertiary/aromatic N) is 2. The molecule has 0 spiro atoms. The van der Waals surface area contributed by atoms with Gasteiger partial charge in [-0.3, -0.25) is 4.79 Å². The largest absolute Gasteiger partial charge is 0.330 e. The van der Waals surface area contributed by atoms with E-state index in [1.54, 1.807) is 30.1 Å². The monoisotopic (exact) mass is 353 g/mol. The highest BCUT2D eigenvalue weighted by atomic mass is 32.2. The van der Waals surface area contributed by atoms with Crippen molar-refractivity contribution in [1.82, 2.24) is 4.31 Å². The molecule has 1 aromatic carbocycles. The van der Waals surface area contributed by atoms with E-state index in [0.29, 0.717) is 19.5 Å². The summed E-state index contributed by atoms with van der Waals surface area (Å²) in [4.78, 5) is 13.8. The van der Waals surface area contributed by atoms with E-state index in [2.05, 4.69) is 0 Å². The highest BCUT2D eigenvalue weighted by molar-refractivity contribution is 7.89. The van der Waals surface area contributed by atoms with E-state index in [0.717, 1.165) is 11.3 Å². The number of hydrogen-bond donors (Lipinski definition) is 1. The first-order valence-electron chi connectivity index (χ1n) is 8.09. The molecule has 7 heteroatoms. The minimum Gasteiger partial charge on any atom is -0.330 e. The first kappa shape index (κ1) is 18.9. The van der Waals surface area contributed by atoms with Crippen molar-refractivity contribution in [3.05, 3.63) is 23.8 Å². The van der Waals surface area contributed by atoms with Gasteiger partial charge >= 0.3 is 0 Å². The van der Waals surface area contributed by atoms with Crippen molar-refractivity contribution in [1.29, 1.82) is 0 Å². The standard InChI is InChI=1S/C17H27N3O3S/c1-12-8-14-9-15(6-7-16(14)20(12)13(2)21)24(22,23)19(5)11-17(3,4)10-18/h6-7,9,12H,8,10-11,18H2,1-5H3. The van der Waals surface area contributed by atoms with Crippen LogP contribution in [0.2, 0.25) is 0 Å². The van der Waals surface area contributed by atoms with Crippen molar-refractivity contribution in [3.63, 3.8) is 0 Å². The first-order chi connectivity index (χ1) is 11.0. The Morgan fingerprint density at radius 2 is 2.04 bits per heavy atom. The summed E-state index contributed by atoms with van der Waals surface area (Å²) in [5, 5.41) is 0. The summed E-state index contributed by atoms with van der Waals surface area (Å²) in [6.45, 7) is 8.12. The minimum atomic E-state index is -3.58. The summed E-state index contributed by atoms with van der Waals surface area (Å²) >= 11 is 0. The summed E-state index contributed by atoms with van der Waals surface area (Å²) in [7, 11) is -2.01. The molecule has 1 amide bonds. The third kappa shape index (κ3) is 3.48. The van der Waals surface area contributed by atoms with Gasteiger partial charge in [-0.1, -0.05) is 13.8 Å². The predicted octanol–water partition coefficient (Wildman–Crippen LogP) is 1.59. The lowest BCUT2D eigenvalue weighted by atomic mass is 9.94. The number of fused-ring (bicyclic) bond motifs is 1. The second-order valence-electron chi connectivity index (χ2n) is 7.36. The molecule has 1 unspecified atom stereocenters. The third-order valence-electron chi connectivity index (χ3n) is 4.52. The molecule has 1 aliphatic rings. The Labute approximate surface area is 144 Å². The van der Waals surface area contributed by atoms with Gasteiger partial charge in [0.05, 0.1) is 4.90 Å². The average Bonchev–Trinajstić information content (AvgIpc) is 2.81. The zero-order chi connectivity index (χ0) is 18.3. The number of rotatable bonds is 5. The number of benzene rings is 1. The number of amides is 1. The van der Waals surface area contributed by atoms with Crippen LogP contribution >= 0.6 is 0 Å². The van der Waals surface area contributed by atoms with Crippen LogP contribution in [0.4, 0.5) is 5.69 Å². The van der Waals surface area contributed by atoms with Gasteiger partial charge in [0.15, 0.2) is 0 Å². The Bertz CT molecular complexity index is 743. The second kappa shape index (κ2) is 6.46. The number of anilines is 1. The maximum absolute atomic E-state index is 12.8. The molecule has 134 valence electrons. The molecule has 0 aliphatic carbocycles. The SMILES string of the molecule is CC(=O)N1c2ccc(S(=O)(=O)N(C)CC(C)(C)CN)cc2CC1C. The van der Waals surface area contributed by atoms with Crippen LogP contribution in [0.3, 0.4) is 0 Å². The van der Waals surface area contributed by atoms with E-state index in [1.807, 2.05) is 20.8 Å². The topological polar surface area (TPSA) is 83.7 Å². The van der Waals surface area contributed by atoms with E-state index in [1.165, 1.54) is 11.2 Å². The van der Waals surface area contributed by atoms with E-state index in [4.69, 9.17) is 5.73 Å². The number of carbonyl (C=O) groups is 1. The Kier molecular flexibility index (Phi) is 5.09. The molecular weight excluding hydrogens is 326 g/mol. The maximum Gasteiger partial charge on any atom is 0.242 e. The quantitative estimate of drug-likeness (QED) is 0.871. The average molecular weight is 353 g/mol. The molecule has 0 bridgehead atoms. The van der Waals surface area contributed by atoms with Crippen LogP contribution in [0.1, 0.15) is 33.3 Å². The van der Waals surface area contributed by atoms with Crippen molar-refractivity contribution in [2.24, 2.45) is 11.1 Å². The van der Waals surface area contributed by atoms with Crippen LogP contribution in [-0.4, -0.2) is 44.8 Å². The molecule has 0 saturated carbocycles. The molecule has 0 aromatic heterocycles. The van der Waals surface area contributed by atoms with Crippen LogP contribution in [0, 0.1) is 5.41 Å². The summed E-state index contributed by atoms with van der Waals surface area (Å²) in [6.07, 6.45) is 0.663. The Hall–Kier alpha value is -1.44. The number of carbonyl (C=O) groups excluding carboxylic acids is 1. The molecule has 2 N–H and O–H groups in total. The van der Waals surface area contributed by atoms with Crippen LogP contribution < -0.4 is 10.6 Å². The Morgan fingerprint density at radius 1 is 1.42 bits per heavy atom. The number of nitrogens with two attached hydrogens (primary N) is 1. The van der Waals surface area contributed by atoms with Gasteiger partial charge in [-0.05, 0) is 49.1 Å². The van der Waals surface area contributed by atoms with Crippen molar-refractivity contribution < 1.29 is 13.2 Å². The van der Waals surface area contributed by atoms with Gasteiger partial charge in [-0.25, -0.2) is 12.7 Å². The molecule has 1 aromatic rings. The van der Waals surface area contributed by atoms with Crippen molar-refractivity contribution in [3.8, 4) is 0 Å². The van der Waals surface area contributed by atoms with Crippen LogP contribution in [0.25, 0.3) is 0 Å². The summed E-state index contributed by atoms with van der Waals surface area (Å²) in [6, 6.07) is 5.04. The Balaban J connectivity index is 2.34. The molecule has 2 rings (SSSR count). The van der Waals surface area contributed by atoms with Gasteiger partial charge in [0.2, 0.25) is 15.9 Å². The molecule has 1 atom stereocenters. The lowest BCUT2D eigenvalue weighted by Crippen LogP contribution is -2.39. The fourth-order valence-corrected chi connectivity index (χ4v) is 4.59. The number of hydrogen-bond acceptors (Lipinski definition) is 4. The van der Waals surface area contributed by atoms with E-state index >= 15 is 0 Å². The summed E-state index contributed by atoms with van der Waals surface area (Å²) < 4.78 is 27.0. The first-order valence-corrected chi connectivity index (χ1v) is 9.53. The van der Waals surface area contributed by atoms with E-state index < -0.39 is 10.0 Å². The molecule has 6 nitrogen and oxygen atoms in total. The van der Waals surface area contributed by atoms with Crippen LogP contribution in [0.15, 0.2) is 23.1 Å². The second-order valence-corrected chi connectivity index (χ2v) is 9.41. The molecule has 1 aliphatic heterocycles. The highest BCUT2D eigenvalue weighted by Gasteiger charge is 2.32. The zero-order valence-electron chi connectivity index (χ0n) is 15.0. The van der Waals surface area contributed by atoms with E-state index in [9.17, 15) is 13.2 Å². The van der Waals surface area contributed by atoms with Gasteiger partial charge in [-0.15, -0.1) is 0 Å². The van der Waals surface area contributed by atoms with Gasteiger partial charge < -0.3 is 10.6 Å². The maximum atomic E-state index is 12.8. The molecule has 0 saturated heterocycles. The Morgan fingerprint density at radius 3 is 2.58 bits per heavy atom. The van der Waals surface area contributed by atoms with Gasteiger partial charge in [0.1, 0.15) is 0 Å². The fraction of sp³-hybridized carbons (Fsp3) is 0.588. The fourth-order valence-electron chi connectivity index (χ4n) is 3.18. The molecule has 0 fully saturated rings. The smallest absolute Gasteiger partial charge is 0.242 e. The lowest BCUT2D eigenvalue weighted by molar-refractivity contribution is -0.116. The summed E-state index contributed by atoms with van der Waals surface area (Å²) in [5.74, 6) is -0.0290. The van der Waals surface area contributed by atoms with E-state index in [-0.39, 0.29) is 22.3 Å². The van der Waals surface area contributed by atoms with Gasteiger partial charge in [0.25, 0.3) is 0 Å². The van der Waals surface area contributed by atoms with Gasteiger partial charge in [0, 0.05) is 32.2 Å². The molecule has 1 heterocycles. The van der Waals surface area contributed by atoms with Gasteiger partial charge in [-0.2, -0.15) is 0 Å². The lowest BCUT2D eigenvalue weighted by Gasteiger charge is -2.28. The van der Waals surface area contributed by atoms with Crippen molar-refractivity contribution in [2.75, 3.05) is 25.0 Å². The summed E-state index contributed by atoms with van der Waals surface area (Å²) in [5.41, 5.74) is 7.12. The highest BCUT2D eigenvalue weighted by Crippen LogP contribution is 2.34. The van der Waals surface area contributed by atoms with Crippen LogP contribution in [-0.2, 0) is 21.2 Å². The minimum absolute atomic E-state index is 0.0290. The predicted molar refractivity (Wildman–Crippen MR) is 95.4 cm³/mol. The number of sulfonamides is 1. The van der Waals surface area contributed by atoms with Crippen LogP contribution in [0.5, 0.6) is 0 Å². The van der Waals surface area contributed by atoms with Crippen molar-refractivity contribution >= 4 is 21.6 Å². The zero-order valence-corrected chi connectivity index (χ0v) is 15.9. The van der Waals surface area contributed by atoms with Crippen molar-refractivity contribution in [2.45, 2.75) is 45.1 Å². The third-order valence-corrected chi connectivity index (χ3v) is 6.32. The normalized spacial score (nSPS) is 18.1. The molecule has 0 radical (unpaired) electrons. The molecular formula is C17H27N3O3S. The molecule has 24 heavy (non-hydrogen) atoms.